The van der Waals surface area contributed by atoms with Gasteiger partial charge in [0.1, 0.15) is 0 Å². The molecule has 1 heterocycles. The summed E-state index contributed by atoms with van der Waals surface area (Å²) in [4.78, 5) is 26.9. The number of carbonyl (C=O) groups is 1. The van der Waals surface area contributed by atoms with E-state index >= 15 is 0 Å². The van der Waals surface area contributed by atoms with Gasteiger partial charge in [-0.05, 0) is 13.0 Å². The molecule has 1 amide bonds. The van der Waals surface area contributed by atoms with Crippen LogP contribution in [0.15, 0.2) is 53.1 Å². The Balaban J connectivity index is 1.61. The zero-order valence-corrected chi connectivity index (χ0v) is 14.0. The Labute approximate surface area is 149 Å². The first-order chi connectivity index (χ1) is 12.5. The van der Waals surface area contributed by atoms with Crippen molar-refractivity contribution in [3.8, 4) is 11.4 Å². The molecule has 132 valence electrons. The lowest BCUT2D eigenvalue weighted by Gasteiger charge is -2.07. The highest BCUT2D eigenvalue weighted by Crippen LogP contribution is 2.25. The Morgan fingerprint density at radius 1 is 1.19 bits per heavy atom. The van der Waals surface area contributed by atoms with Gasteiger partial charge in [0.25, 0.3) is 5.69 Å². The Hall–Kier alpha value is -3.55. The van der Waals surface area contributed by atoms with Crippen LogP contribution >= 0.6 is 0 Å². The predicted octanol–water partition coefficient (Wildman–Crippen LogP) is 3.52. The second-order valence-electron chi connectivity index (χ2n) is 5.63. The van der Waals surface area contributed by atoms with E-state index in [4.69, 9.17) is 4.52 Å². The molecule has 0 bridgehead atoms. The monoisotopic (exact) mass is 352 g/mol. The molecular weight excluding hydrogens is 336 g/mol. The number of nitrogens with one attached hydrogen (secondary N) is 1. The zero-order valence-electron chi connectivity index (χ0n) is 14.0. The van der Waals surface area contributed by atoms with E-state index in [2.05, 4.69) is 15.5 Å². The molecule has 8 nitrogen and oxygen atoms in total. The number of hydrogen-bond donors (Lipinski definition) is 1. The molecule has 1 aromatic heterocycles. The second kappa shape index (κ2) is 7.56. The van der Waals surface area contributed by atoms with Crippen LogP contribution in [0, 0.1) is 17.0 Å². The van der Waals surface area contributed by atoms with Crippen LogP contribution in [0.2, 0.25) is 0 Å². The van der Waals surface area contributed by atoms with Crippen LogP contribution < -0.4 is 5.32 Å². The second-order valence-corrected chi connectivity index (χ2v) is 5.63. The fourth-order valence-electron chi connectivity index (χ4n) is 2.45. The summed E-state index contributed by atoms with van der Waals surface area (Å²) < 4.78 is 5.16. The molecule has 0 aliphatic carbocycles. The van der Waals surface area contributed by atoms with Crippen molar-refractivity contribution in [3.05, 3.63) is 70.1 Å². The highest BCUT2D eigenvalue weighted by Gasteiger charge is 2.15. The number of aromatic nitrogens is 2. The first kappa shape index (κ1) is 17.3. The number of anilines is 1. The van der Waals surface area contributed by atoms with Crippen molar-refractivity contribution in [2.75, 3.05) is 5.32 Å². The van der Waals surface area contributed by atoms with E-state index in [1.807, 2.05) is 30.3 Å². The van der Waals surface area contributed by atoms with Crippen LogP contribution in [0.1, 0.15) is 17.9 Å². The zero-order chi connectivity index (χ0) is 18.5. The lowest BCUT2D eigenvalue weighted by Crippen LogP contribution is -2.13. The SMILES string of the molecule is Cc1c(NC(=O)CCc2nc(-c3ccccc3)no2)cccc1[N+](=O)[O-]. The van der Waals surface area contributed by atoms with Gasteiger partial charge in [-0.3, -0.25) is 14.9 Å². The maximum absolute atomic E-state index is 12.1. The van der Waals surface area contributed by atoms with Crippen LogP contribution in [0.25, 0.3) is 11.4 Å². The summed E-state index contributed by atoms with van der Waals surface area (Å²) in [5.41, 5.74) is 1.63. The van der Waals surface area contributed by atoms with Crippen molar-refractivity contribution in [2.24, 2.45) is 0 Å². The van der Waals surface area contributed by atoms with Gasteiger partial charge in [-0.1, -0.05) is 41.6 Å². The number of nitrogens with zero attached hydrogens (tertiary/aromatic N) is 3. The molecule has 3 aromatic rings. The summed E-state index contributed by atoms with van der Waals surface area (Å²) in [7, 11) is 0. The number of nitro groups is 1. The summed E-state index contributed by atoms with van der Waals surface area (Å²) >= 11 is 0. The minimum absolute atomic E-state index is 0.0350. The molecule has 1 N–H and O–H groups in total. The van der Waals surface area contributed by atoms with Crippen molar-refractivity contribution in [1.82, 2.24) is 10.1 Å². The van der Waals surface area contributed by atoms with Crippen LogP contribution in [-0.2, 0) is 11.2 Å². The van der Waals surface area contributed by atoms with Gasteiger partial charge >= 0.3 is 0 Å². The Kier molecular flexibility index (Phi) is 5.02. The highest BCUT2D eigenvalue weighted by atomic mass is 16.6. The lowest BCUT2D eigenvalue weighted by atomic mass is 10.1. The van der Waals surface area contributed by atoms with Gasteiger partial charge < -0.3 is 9.84 Å². The number of amides is 1. The molecule has 0 radical (unpaired) electrons. The summed E-state index contributed by atoms with van der Waals surface area (Å²) in [6.07, 6.45) is 0.401. The van der Waals surface area contributed by atoms with Gasteiger partial charge in [0.2, 0.25) is 17.6 Å². The molecule has 26 heavy (non-hydrogen) atoms. The van der Waals surface area contributed by atoms with Crippen molar-refractivity contribution < 1.29 is 14.2 Å². The third-order valence-electron chi connectivity index (χ3n) is 3.84. The van der Waals surface area contributed by atoms with Crippen molar-refractivity contribution in [2.45, 2.75) is 19.8 Å². The fourth-order valence-corrected chi connectivity index (χ4v) is 2.45. The molecule has 0 atom stereocenters. The molecule has 0 saturated carbocycles. The van der Waals surface area contributed by atoms with E-state index in [0.717, 1.165) is 5.56 Å². The molecule has 0 spiro atoms. The third-order valence-corrected chi connectivity index (χ3v) is 3.84. The Morgan fingerprint density at radius 2 is 1.96 bits per heavy atom. The summed E-state index contributed by atoms with van der Waals surface area (Å²) in [6.45, 7) is 1.60. The van der Waals surface area contributed by atoms with Gasteiger partial charge in [0.15, 0.2) is 0 Å². The van der Waals surface area contributed by atoms with Crippen LogP contribution in [0.3, 0.4) is 0 Å². The first-order valence-electron chi connectivity index (χ1n) is 7.96. The average molecular weight is 352 g/mol. The fraction of sp³-hybridized carbons (Fsp3) is 0.167. The van der Waals surface area contributed by atoms with Crippen LogP contribution in [0.4, 0.5) is 11.4 Å². The van der Waals surface area contributed by atoms with E-state index in [9.17, 15) is 14.9 Å². The summed E-state index contributed by atoms with van der Waals surface area (Å²) in [6, 6.07) is 13.9. The summed E-state index contributed by atoms with van der Waals surface area (Å²) in [5.74, 6) is 0.540. The van der Waals surface area contributed by atoms with Gasteiger partial charge in [-0.2, -0.15) is 4.98 Å². The minimum Gasteiger partial charge on any atom is -0.339 e. The molecule has 8 heteroatoms. The lowest BCUT2D eigenvalue weighted by molar-refractivity contribution is -0.385. The maximum Gasteiger partial charge on any atom is 0.274 e. The van der Waals surface area contributed by atoms with E-state index in [1.165, 1.54) is 12.1 Å². The standard InChI is InChI=1S/C18H16N4O4/c1-12-14(8-5-9-15(12)22(24)25)19-16(23)10-11-17-20-18(21-26-17)13-6-3-2-4-7-13/h2-9H,10-11H2,1H3,(H,19,23). The van der Waals surface area contributed by atoms with Crippen molar-refractivity contribution in [1.29, 1.82) is 0 Å². The smallest absolute Gasteiger partial charge is 0.274 e. The third kappa shape index (κ3) is 3.92. The molecule has 0 aliphatic heterocycles. The largest absolute Gasteiger partial charge is 0.339 e. The first-order valence-corrected chi connectivity index (χ1v) is 7.96. The minimum atomic E-state index is -0.478. The predicted molar refractivity (Wildman–Crippen MR) is 94.5 cm³/mol. The summed E-state index contributed by atoms with van der Waals surface area (Å²) in [5, 5.41) is 17.5. The molecule has 0 aliphatic rings. The molecular formula is C18H16N4O4. The van der Waals surface area contributed by atoms with Crippen molar-refractivity contribution in [3.63, 3.8) is 0 Å². The van der Waals surface area contributed by atoms with Gasteiger partial charge in [-0.15, -0.1) is 0 Å². The van der Waals surface area contributed by atoms with E-state index in [1.54, 1.807) is 13.0 Å². The molecule has 0 fully saturated rings. The number of aryl methyl sites for hydroxylation is 1. The van der Waals surface area contributed by atoms with Crippen LogP contribution in [-0.4, -0.2) is 21.0 Å². The highest BCUT2D eigenvalue weighted by molar-refractivity contribution is 5.92. The Morgan fingerprint density at radius 3 is 2.69 bits per heavy atom. The average Bonchev–Trinajstić information content (AvgIpc) is 3.11. The van der Waals surface area contributed by atoms with E-state index in [-0.39, 0.29) is 24.4 Å². The molecule has 0 saturated heterocycles. The quantitative estimate of drug-likeness (QED) is 0.536. The number of hydrogen-bond acceptors (Lipinski definition) is 6. The number of nitro benzene ring substituents is 1. The topological polar surface area (TPSA) is 111 Å². The van der Waals surface area contributed by atoms with Gasteiger partial charge in [0, 0.05) is 24.5 Å². The number of benzene rings is 2. The van der Waals surface area contributed by atoms with Gasteiger partial charge in [0.05, 0.1) is 16.2 Å². The molecule has 3 rings (SSSR count). The molecule has 0 unspecified atom stereocenters. The van der Waals surface area contributed by atoms with E-state index in [0.29, 0.717) is 23.0 Å². The van der Waals surface area contributed by atoms with Crippen molar-refractivity contribution >= 4 is 17.3 Å². The van der Waals surface area contributed by atoms with Crippen LogP contribution in [0.5, 0.6) is 0 Å². The maximum atomic E-state index is 12.1. The number of carbonyl (C=O) groups excluding carboxylic acids is 1. The molecule has 2 aromatic carbocycles. The Bertz CT molecular complexity index is 937. The van der Waals surface area contributed by atoms with E-state index < -0.39 is 4.92 Å². The van der Waals surface area contributed by atoms with Gasteiger partial charge in [-0.25, -0.2) is 0 Å². The normalized spacial score (nSPS) is 10.5. The number of rotatable bonds is 6.